The van der Waals surface area contributed by atoms with Crippen molar-refractivity contribution in [2.24, 2.45) is 0 Å². The first-order valence-electron chi connectivity index (χ1n) is 8.86. The number of rotatable bonds is 8. The van der Waals surface area contributed by atoms with Crippen molar-refractivity contribution in [3.05, 3.63) is 65.2 Å². The van der Waals surface area contributed by atoms with Gasteiger partial charge in [0, 0.05) is 42.6 Å². The van der Waals surface area contributed by atoms with E-state index in [1.165, 1.54) is 0 Å². The molecule has 0 spiro atoms. The molecule has 0 saturated heterocycles. The molecule has 0 radical (unpaired) electrons. The molecule has 27 heavy (non-hydrogen) atoms. The largest absolute Gasteiger partial charge is 0.385 e. The maximum absolute atomic E-state index is 6.14. The Morgan fingerprint density at radius 2 is 1.78 bits per heavy atom. The highest BCUT2D eigenvalue weighted by Gasteiger charge is 2.08. The van der Waals surface area contributed by atoms with Crippen LogP contribution in [0.5, 0.6) is 0 Å². The molecular formula is C21H23ClN4O. The second-order valence-electron chi connectivity index (χ2n) is 6.19. The lowest BCUT2D eigenvalue weighted by Crippen LogP contribution is -2.08. The van der Waals surface area contributed by atoms with Crippen molar-refractivity contribution in [3.63, 3.8) is 0 Å². The van der Waals surface area contributed by atoms with E-state index in [9.17, 15) is 0 Å². The van der Waals surface area contributed by atoms with Gasteiger partial charge in [-0.15, -0.1) is 0 Å². The third-order valence-electron chi connectivity index (χ3n) is 4.05. The molecule has 0 aliphatic carbocycles. The Kier molecular flexibility index (Phi) is 6.63. The fourth-order valence-electron chi connectivity index (χ4n) is 2.62. The Hall–Kier alpha value is -2.63. The van der Waals surface area contributed by atoms with Crippen LogP contribution in [0.15, 0.2) is 54.6 Å². The first kappa shape index (κ1) is 19.1. The van der Waals surface area contributed by atoms with E-state index in [4.69, 9.17) is 16.3 Å². The molecule has 140 valence electrons. The molecule has 1 aromatic heterocycles. The van der Waals surface area contributed by atoms with Crippen molar-refractivity contribution in [1.82, 2.24) is 9.97 Å². The summed E-state index contributed by atoms with van der Waals surface area (Å²) in [5.74, 6) is 2.14. The van der Waals surface area contributed by atoms with Gasteiger partial charge in [0.1, 0.15) is 11.6 Å². The first-order valence-corrected chi connectivity index (χ1v) is 9.24. The number of nitrogens with zero attached hydrogens (tertiary/aromatic N) is 2. The van der Waals surface area contributed by atoms with Gasteiger partial charge in [-0.05, 0) is 31.0 Å². The number of hydrogen-bond acceptors (Lipinski definition) is 5. The summed E-state index contributed by atoms with van der Waals surface area (Å²) in [5.41, 5.74) is 2.98. The number of methoxy groups -OCH3 is 1. The van der Waals surface area contributed by atoms with Crippen LogP contribution in [0, 0.1) is 6.92 Å². The first-order chi connectivity index (χ1) is 13.2. The summed E-state index contributed by atoms with van der Waals surface area (Å²) in [4.78, 5) is 9.34. The summed E-state index contributed by atoms with van der Waals surface area (Å²) in [7, 11) is 1.70. The summed E-state index contributed by atoms with van der Waals surface area (Å²) in [5, 5.41) is 7.39. The zero-order chi connectivity index (χ0) is 19.1. The van der Waals surface area contributed by atoms with Crippen LogP contribution in [-0.2, 0) is 4.74 Å². The third-order valence-corrected chi connectivity index (χ3v) is 4.29. The van der Waals surface area contributed by atoms with Crippen molar-refractivity contribution < 1.29 is 4.74 Å². The fourth-order valence-corrected chi connectivity index (χ4v) is 2.79. The average Bonchev–Trinajstić information content (AvgIpc) is 2.69. The van der Waals surface area contributed by atoms with Crippen LogP contribution < -0.4 is 10.6 Å². The van der Waals surface area contributed by atoms with Crippen molar-refractivity contribution in [3.8, 4) is 11.4 Å². The number of halogens is 1. The molecule has 6 heteroatoms. The van der Waals surface area contributed by atoms with Crippen molar-refractivity contribution >= 4 is 28.9 Å². The van der Waals surface area contributed by atoms with Crippen molar-refractivity contribution in [2.75, 3.05) is 30.9 Å². The van der Waals surface area contributed by atoms with Crippen LogP contribution in [0.2, 0.25) is 5.02 Å². The van der Waals surface area contributed by atoms with Crippen LogP contribution in [0.25, 0.3) is 11.4 Å². The molecule has 2 aromatic carbocycles. The number of anilines is 3. The molecule has 0 unspecified atom stereocenters. The third kappa shape index (κ3) is 5.42. The predicted octanol–water partition coefficient (Wildman–Crippen LogP) is 5.30. The number of aromatic nitrogens is 2. The lowest BCUT2D eigenvalue weighted by Gasteiger charge is -2.13. The number of aryl methyl sites for hydroxylation is 1. The number of nitrogens with one attached hydrogen (secondary N) is 2. The summed E-state index contributed by atoms with van der Waals surface area (Å²) >= 11 is 6.14. The number of ether oxygens (including phenoxy) is 1. The Morgan fingerprint density at radius 1 is 1.00 bits per heavy atom. The van der Waals surface area contributed by atoms with E-state index in [0.717, 1.165) is 35.6 Å². The molecule has 5 nitrogen and oxygen atoms in total. The highest BCUT2D eigenvalue weighted by atomic mass is 35.5. The van der Waals surface area contributed by atoms with E-state index in [1.54, 1.807) is 7.11 Å². The predicted molar refractivity (Wildman–Crippen MR) is 112 cm³/mol. The maximum atomic E-state index is 6.14. The quantitative estimate of drug-likeness (QED) is 0.518. The zero-order valence-corrected chi connectivity index (χ0v) is 16.3. The standard InChI is InChI=1S/C21H23ClN4O/c1-15-9-10-17(22)13-18(15)24-20-14-19(23-11-6-12-27-2)25-21(26-20)16-7-4-3-5-8-16/h3-5,7-10,13-14H,6,11-12H2,1-2H3,(H2,23,24,25,26). The second-order valence-corrected chi connectivity index (χ2v) is 6.62. The second kappa shape index (κ2) is 9.35. The van der Waals surface area contributed by atoms with Crippen LogP contribution in [0.1, 0.15) is 12.0 Å². The Labute approximate surface area is 164 Å². The fraction of sp³-hybridized carbons (Fsp3) is 0.238. The van der Waals surface area contributed by atoms with Gasteiger partial charge in [-0.3, -0.25) is 0 Å². The molecular weight excluding hydrogens is 360 g/mol. The molecule has 3 aromatic rings. The highest BCUT2D eigenvalue weighted by Crippen LogP contribution is 2.26. The van der Waals surface area contributed by atoms with Crippen molar-refractivity contribution in [2.45, 2.75) is 13.3 Å². The molecule has 0 aliphatic heterocycles. The Bertz CT molecular complexity index is 887. The van der Waals surface area contributed by atoms with Crippen LogP contribution in [-0.4, -0.2) is 30.2 Å². The minimum absolute atomic E-state index is 0.662. The van der Waals surface area contributed by atoms with Gasteiger partial charge >= 0.3 is 0 Å². The van der Waals surface area contributed by atoms with Crippen LogP contribution in [0.4, 0.5) is 17.3 Å². The molecule has 2 N–H and O–H groups in total. The molecule has 0 aliphatic rings. The van der Waals surface area contributed by atoms with E-state index in [1.807, 2.05) is 61.5 Å². The highest BCUT2D eigenvalue weighted by molar-refractivity contribution is 6.30. The van der Waals surface area contributed by atoms with E-state index in [2.05, 4.69) is 20.6 Å². The molecule has 0 bridgehead atoms. The van der Waals surface area contributed by atoms with Crippen LogP contribution in [0.3, 0.4) is 0 Å². The topological polar surface area (TPSA) is 59.1 Å². The van der Waals surface area contributed by atoms with Gasteiger partial charge in [0.2, 0.25) is 0 Å². The Balaban J connectivity index is 1.90. The number of benzene rings is 2. The zero-order valence-electron chi connectivity index (χ0n) is 15.5. The van der Waals surface area contributed by atoms with Gasteiger partial charge in [-0.1, -0.05) is 48.0 Å². The minimum atomic E-state index is 0.662. The summed E-state index contributed by atoms with van der Waals surface area (Å²) in [6.45, 7) is 3.51. The normalized spacial score (nSPS) is 10.6. The molecule has 0 amide bonds. The van der Waals surface area contributed by atoms with Gasteiger partial charge < -0.3 is 15.4 Å². The summed E-state index contributed by atoms with van der Waals surface area (Å²) in [6, 6.07) is 17.6. The minimum Gasteiger partial charge on any atom is -0.385 e. The summed E-state index contributed by atoms with van der Waals surface area (Å²) in [6.07, 6.45) is 0.900. The van der Waals surface area contributed by atoms with Crippen molar-refractivity contribution in [1.29, 1.82) is 0 Å². The SMILES string of the molecule is COCCCNc1cc(Nc2cc(Cl)ccc2C)nc(-c2ccccc2)n1. The smallest absolute Gasteiger partial charge is 0.163 e. The van der Waals surface area contributed by atoms with E-state index >= 15 is 0 Å². The number of hydrogen-bond donors (Lipinski definition) is 2. The van der Waals surface area contributed by atoms with Gasteiger partial charge in [-0.2, -0.15) is 0 Å². The lowest BCUT2D eigenvalue weighted by atomic mass is 10.2. The van der Waals surface area contributed by atoms with Gasteiger partial charge in [0.25, 0.3) is 0 Å². The molecule has 0 atom stereocenters. The van der Waals surface area contributed by atoms with E-state index < -0.39 is 0 Å². The van der Waals surface area contributed by atoms with E-state index in [-0.39, 0.29) is 0 Å². The van der Waals surface area contributed by atoms with Gasteiger partial charge in [0.15, 0.2) is 5.82 Å². The van der Waals surface area contributed by atoms with E-state index in [0.29, 0.717) is 23.3 Å². The average molecular weight is 383 g/mol. The molecule has 0 fully saturated rings. The Morgan fingerprint density at radius 3 is 2.56 bits per heavy atom. The van der Waals surface area contributed by atoms with Gasteiger partial charge in [0.05, 0.1) is 0 Å². The monoisotopic (exact) mass is 382 g/mol. The molecule has 1 heterocycles. The van der Waals surface area contributed by atoms with Gasteiger partial charge in [-0.25, -0.2) is 9.97 Å². The summed E-state index contributed by atoms with van der Waals surface area (Å²) < 4.78 is 5.10. The lowest BCUT2D eigenvalue weighted by molar-refractivity contribution is 0.198. The molecule has 0 saturated carbocycles. The molecule has 3 rings (SSSR count). The maximum Gasteiger partial charge on any atom is 0.163 e. The van der Waals surface area contributed by atoms with Crippen LogP contribution >= 0.6 is 11.6 Å².